The molecule has 8 aromatic rings. The number of hydrogen-bond acceptors (Lipinski definition) is 1. The first-order valence-corrected chi connectivity index (χ1v) is 30.6. The van der Waals surface area contributed by atoms with E-state index < -0.39 is 0 Å². The molecule has 0 saturated carbocycles. The third kappa shape index (κ3) is 12.0. The van der Waals surface area contributed by atoms with Crippen LogP contribution in [0.2, 0.25) is 0 Å². The first kappa shape index (κ1) is 60.2. The number of benzene rings is 8. The molecule has 0 saturated heterocycles. The van der Waals surface area contributed by atoms with Gasteiger partial charge in [0.25, 0.3) is 0 Å². The summed E-state index contributed by atoms with van der Waals surface area (Å²) in [5, 5.41) is 0. The molecule has 0 unspecified atom stereocenters. The van der Waals surface area contributed by atoms with Crippen LogP contribution < -0.4 is 21.3 Å². The van der Waals surface area contributed by atoms with E-state index in [0.717, 1.165) is 0 Å². The Hall–Kier alpha value is -6.38. The lowest BCUT2D eigenvalue weighted by atomic mass is 9.33. The van der Waals surface area contributed by atoms with Gasteiger partial charge < -0.3 is 4.90 Å². The van der Waals surface area contributed by atoms with Crippen molar-refractivity contribution in [1.29, 1.82) is 0 Å². The van der Waals surface area contributed by atoms with E-state index in [1.165, 1.54) is 122 Å². The zero-order chi connectivity index (χ0) is 60.2. The quantitative estimate of drug-likeness (QED) is 0.150. The van der Waals surface area contributed by atoms with E-state index in [1.807, 2.05) is 0 Å². The normalized spacial score (nSPS) is 13.8. The van der Waals surface area contributed by atoms with Gasteiger partial charge in [0.15, 0.2) is 0 Å². The van der Waals surface area contributed by atoms with Crippen molar-refractivity contribution in [1.82, 2.24) is 0 Å². The summed E-state index contributed by atoms with van der Waals surface area (Å²) in [6, 6.07) is 63.0. The lowest BCUT2D eigenvalue weighted by Crippen LogP contribution is -2.58. The summed E-state index contributed by atoms with van der Waals surface area (Å²) in [5.41, 5.74) is 27.8. The van der Waals surface area contributed by atoms with Crippen molar-refractivity contribution in [3.63, 3.8) is 0 Å². The Morgan fingerprint density at radius 2 is 0.463 bits per heavy atom. The summed E-state index contributed by atoms with van der Waals surface area (Å²) in [6.45, 7) is 56.5. The van der Waals surface area contributed by atoms with Crippen LogP contribution in [0.15, 0.2) is 158 Å². The molecule has 1 aliphatic rings. The highest BCUT2D eigenvalue weighted by molar-refractivity contribution is 6.99. The smallest absolute Gasteiger partial charge is 0.248 e. The summed E-state index contributed by atoms with van der Waals surface area (Å²) < 4.78 is 0. The van der Waals surface area contributed by atoms with Gasteiger partial charge in [-0.15, -0.1) is 0 Å². The second-order valence-corrected chi connectivity index (χ2v) is 32.6. The predicted molar refractivity (Wildman–Crippen MR) is 364 cm³/mol. The molecule has 0 aromatic heterocycles. The summed E-state index contributed by atoms with van der Waals surface area (Å²) in [6.07, 6.45) is 0. The topological polar surface area (TPSA) is 3.24 Å². The molecule has 0 fully saturated rings. The van der Waals surface area contributed by atoms with Crippen LogP contribution in [0, 0.1) is 0 Å². The van der Waals surface area contributed by atoms with Gasteiger partial charge in [0.1, 0.15) is 0 Å². The highest BCUT2D eigenvalue weighted by Crippen LogP contribution is 2.50. The Morgan fingerprint density at radius 3 is 0.707 bits per heavy atom. The number of rotatable bonds is 6. The molecule has 0 radical (unpaired) electrons. The number of hydrogen-bond donors (Lipinski definition) is 0. The summed E-state index contributed by atoms with van der Waals surface area (Å²) in [7, 11) is 0. The fourth-order valence-electron chi connectivity index (χ4n) is 11.9. The first-order valence-electron chi connectivity index (χ1n) is 30.6. The zero-order valence-electron chi connectivity index (χ0n) is 55.0. The molecule has 1 aliphatic heterocycles. The Kier molecular flexibility index (Phi) is 15.2. The maximum absolute atomic E-state index is 2.67. The summed E-state index contributed by atoms with van der Waals surface area (Å²) in [5.74, 6) is 0. The van der Waals surface area contributed by atoms with Crippen LogP contribution in [0.5, 0.6) is 0 Å². The maximum Gasteiger partial charge on any atom is 0.248 e. The van der Waals surface area contributed by atoms with Crippen molar-refractivity contribution >= 4 is 40.2 Å². The van der Waals surface area contributed by atoms with Gasteiger partial charge >= 0.3 is 0 Å². The standard InChI is InChI=1S/C80H98BN/c1-73(2,3)55-39-51(40-56(47-55)74(4,5)6)63-31-29-32-64(52-41-57(75(7,8)9)48-58(42-52)76(10,11)12)71(63)81-67-35-25-27-37-69(67)82(70-38-28-26-36-68(70)81)72-65(53-43-59(77(13,14)15)49-60(44-53)78(16,17)18)33-30-34-66(72)54-45-61(79(19,20)21)50-62(46-54)80(22,23)24/h25-50H,1-24H3. The number of anilines is 3. The summed E-state index contributed by atoms with van der Waals surface area (Å²) >= 11 is 0. The second kappa shape index (κ2) is 20.7. The van der Waals surface area contributed by atoms with E-state index in [1.54, 1.807) is 0 Å². The van der Waals surface area contributed by atoms with Crippen LogP contribution in [0.3, 0.4) is 0 Å². The number of nitrogens with zero attached hydrogens (tertiary/aromatic N) is 1. The van der Waals surface area contributed by atoms with Gasteiger partial charge in [0.2, 0.25) is 6.71 Å². The minimum absolute atomic E-state index is 0.0633. The molecule has 426 valence electrons. The van der Waals surface area contributed by atoms with Gasteiger partial charge in [-0.1, -0.05) is 317 Å². The van der Waals surface area contributed by atoms with Gasteiger partial charge in [0, 0.05) is 22.5 Å². The molecule has 0 bridgehead atoms. The van der Waals surface area contributed by atoms with E-state index in [0.29, 0.717) is 0 Å². The van der Waals surface area contributed by atoms with Crippen molar-refractivity contribution < 1.29 is 0 Å². The van der Waals surface area contributed by atoms with Gasteiger partial charge in [0.05, 0.1) is 5.69 Å². The average molecular weight is 1080 g/mol. The van der Waals surface area contributed by atoms with Gasteiger partial charge in [-0.3, -0.25) is 0 Å². The fraction of sp³-hybridized carbons (Fsp3) is 0.400. The predicted octanol–water partition coefficient (Wildman–Crippen LogP) is 21.0. The van der Waals surface area contributed by atoms with Gasteiger partial charge in [-0.25, -0.2) is 0 Å². The lowest BCUT2D eigenvalue weighted by Gasteiger charge is -2.40. The van der Waals surface area contributed by atoms with Crippen LogP contribution in [0.4, 0.5) is 17.1 Å². The van der Waals surface area contributed by atoms with Crippen molar-refractivity contribution in [3.8, 4) is 44.5 Å². The molecule has 0 amide bonds. The molecule has 82 heavy (non-hydrogen) atoms. The van der Waals surface area contributed by atoms with Crippen LogP contribution in [-0.2, 0) is 43.3 Å². The van der Waals surface area contributed by atoms with Crippen molar-refractivity contribution in [2.75, 3.05) is 4.90 Å². The van der Waals surface area contributed by atoms with E-state index in [9.17, 15) is 0 Å². The molecular weight excluding hydrogens is 986 g/mol. The monoisotopic (exact) mass is 1080 g/mol. The maximum atomic E-state index is 2.67. The first-order chi connectivity index (χ1) is 37.7. The van der Waals surface area contributed by atoms with Crippen molar-refractivity contribution in [3.05, 3.63) is 202 Å². The van der Waals surface area contributed by atoms with Crippen LogP contribution >= 0.6 is 0 Å². The van der Waals surface area contributed by atoms with E-state index in [-0.39, 0.29) is 50.0 Å². The molecule has 1 heterocycles. The van der Waals surface area contributed by atoms with E-state index in [4.69, 9.17) is 0 Å². The minimum Gasteiger partial charge on any atom is -0.310 e. The molecule has 0 N–H and O–H groups in total. The Labute approximate surface area is 498 Å². The lowest BCUT2D eigenvalue weighted by molar-refractivity contribution is 0.568. The number of para-hydroxylation sites is 3. The highest BCUT2D eigenvalue weighted by Gasteiger charge is 2.40. The Morgan fingerprint density at radius 1 is 0.244 bits per heavy atom. The third-order valence-corrected chi connectivity index (χ3v) is 17.5. The molecule has 0 aliphatic carbocycles. The minimum atomic E-state index is -0.133. The van der Waals surface area contributed by atoms with Crippen LogP contribution in [0.1, 0.15) is 211 Å². The van der Waals surface area contributed by atoms with Crippen LogP contribution in [0.25, 0.3) is 44.5 Å². The summed E-state index contributed by atoms with van der Waals surface area (Å²) in [4.78, 5) is 2.67. The van der Waals surface area contributed by atoms with Gasteiger partial charge in [-0.2, -0.15) is 0 Å². The van der Waals surface area contributed by atoms with Gasteiger partial charge in [-0.05, 0) is 144 Å². The Balaban J connectivity index is 1.45. The van der Waals surface area contributed by atoms with E-state index in [2.05, 4.69) is 329 Å². The zero-order valence-corrected chi connectivity index (χ0v) is 55.0. The second-order valence-electron chi connectivity index (χ2n) is 32.6. The molecule has 9 rings (SSSR count). The molecule has 0 spiro atoms. The average Bonchev–Trinajstić information content (AvgIpc) is 2.66. The molecule has 2 heteroatoms. The van der Waals surface area contributed by atoms with Crippen molar-refractivity contribution in [2.45, 2.75) is 209 Å². The third-order valence-electron chi connectivity index (χ3n) is 17.5. The molecular formula is C80H98BN. The highest BCUT2D eigenvalue weighted by atomic mass is 15.2. The largest absolute Gasteiger partial charge is 0.310 e. The van der Waals surface area contributed by atoms with Crippen LogP contribution in [-0.4, -0.2) is 6.71 Å². The number of fused-ring (bicyclic) bond motifs is 2. The Bertz CT molecular complexity index is 3100. The molecule has 8 aromatic carbocycles. The van der Waals surface area contributed by atoms with Crippen molar-refractivity contribution in [2.24, 2.45) is 0 Å². The SMILES string of the molecule is CC(C)(C)c1cc(-c2cccc(-c3cc(C(C)(C)C)cc(C(C)(C)C)c3)c2B2c3ccccc3N(c3c(-c4cc(C(C)(C)C)cc(C(C)(C)C)c4)cccc3-c3cc(C(C)(C)C)cc(C(C)(C)C)c3)c3ccccc32)cc(C(C)(C)C)c1. The van der Waals surface area contributed by atoms with E-state index >= 15 is 0 Å². The molecule has 0 atom stereocenters. The fourth-order valence-corrected chi connectivity index (χ4v) is 11.9. The molecule has 1 nitrogen and oxygen atoms in total.